The zero-order chi connectivity index (χ0) is 25.5. The van der Waals surface area contributed by atoms with Crippen LogP contribution >= 0.6 is 0 Å². The molecule has 0 fully saturated rings. The second-order valence-electron chi connectivity index (χ2n) is 9.23. The van der Waals surface area contributed by atoms with Crippen LogP contribution in [0.25, 0.3) is 11.0 Å². The van der Waals surface area contributed by atoms with Gasteiger partial charge in [-0.2, -0.15) is 0 Å². The first kappa shape index (κ1) is 22.7. The average molecular weight is 489 g/mol. The molecule has 6 nitrogen and oxygen atoms in total. The number of amides is 1. The Hall–Kier alpha value is -4.71. The maximum absolute atomic E-state index is 13.8. The quantitative estimate of drug-likeness (QED) is 0.297. The number of aromatic nitrogens is 1. The third-order valence-corrected chi connectivity index (χ3v) is 6.59. The molecule has 6 heteroatoms. The summed E-state index contributed by atoms with van der Waals surface area (Å²) < 4.78 is 12.0. The third kappa shape index (κ3) is 4.06. The number of carbonyl (C=O) groups is 1. The standard InChI is InChI=1S/C31H24N2O4/c1-19-11-16-25-24(17-19)29(34)27-28(33(31(35)30(27)37-25)26-10-6-7-20(2)32-26)22-12-14-23(15-13-22)36-18-21-8-4-3-5-9-21/h3-17,28H,18H2,1-2H3. The molecule has 37 heavy (non-hydrogen) atoms. The van der Waals surface area contributed by atoms with Crippen LogP contribution in [-0.4, -0.2) is 10.9 Å². The van der Waals surface area contributed by atoms with Crippen LogP contribution in [0.3, 0.4) is 0 Å². The molecule has 5 aromatic rings. The van der Waals surface area contributed by atoms with Crippen LogP contribution in [0.5, 0.6) is 5.75 Å². The number of anilines is 1. The summed E-state index contributed by atoms with van der Waals surface area (Å²) >= 11 is 0. The first-order valence-electron chi connectivity index (χ1n) is 12.1. The Morgan fingerprint density at radius 2 is 1.68 bits per heavy atom. The summed E-state index contributed by atoms with van der Waals surface area (Å²) in [5.41, 5.74) is 4.05. The number of nitrogens with zero attached hydrogens (tertiary/aromatic N) is 2. The Labute approximate surface area is 213 Å². The van der Waals surface area contributed by atoms with Crippen molar-refractivity contribution in [2.45, 2.75) is 26.5 Å². The summed E-state index contributed by atoms with van der Waals surface area (Å²) in [6.45, 7) is 4.23. The number of hydrogen-bond acceptors (Lipinski definition) is 5. The van der Waals surface area contributed by atoms with Crippen LogP contribution < -0.4 is 15.1 Å². The topological polar surface area (TPSA) is 72.6 Å². The van der Waals surface area contributed by atoms with E-state index < -0.39 is 6.04 Å². The highest BCUT2D eigenvalue weighted by Gasteiger charge is 2.44. The fraction of sp³-hybridized carbons (Fsp3) is 0.129. The number of hydrogen-bond donors (Lipinski definition) is 0. The monoisotopic (exact) mass is 488 g/mol. The molecule has 2 aromatic heterocycles. The van der Waals surface area contributed by atoms with Gasteiger partial charge in [0.15, 0.2) is 5.43 Å². The van der Waals surface area contributed by atoms with E-state index in [4.69, 9.17) is 9.15 Å². The van der Waals surface area contributed by atoms with E-state index in [2.05, 4.69) is 4.98 Å². The van der Waals surface area contributed by atoms with Crippen LogP contribution in [0.2, 0.25) is 0 Å². The lowest BCUT2D eigenvalue weighted by Crippen LogP contribution is -2.30. The molecule has 182 valence electrons. The largest absolute Gasteiger partial charge is 0.489 e. The molecule has 0 aliphatic carbocycles. The number of carbonyl (C=O) groups excluding carboxylic acids is 1. The highest BCUT2D eigenvalue weighted by Crippen LogP contribution is 2.41. The van der Waals surface area contributed by atoms with E-state index in [1.807, 2.05) is 86.6 Å². The van der Waals surface area contributed by atoms with Crippen LogP contribution in [0.1, 0.15) is 44.5 Å². The fourth-order valence-corrected chi connectivity index (χ4v) is 4.79. The van der Waals surface area contributed by atoms with Crippen molar-refractivity contribution in [2.24, 2.45) is 0 Å². The summed E-state index contributed by atoms with van der Waals surface area (Å²) in [5, 5.41) is 0.457. The first-order valence-corrected chi connectivity index (χ1v) is 12.1. The minimum absolute atomic E-state index is 0.0547. The van der Waals surface area contributed by atoms with E-state index in [0.29, 0.717) is 34.7 Å². The summed E-state index contributed by atoms with van der Waals surface area (Å²) in [6, 6.07) is 27.6. The van der Waals surface area contributed by atoms with Gasteiger partial charge in [0.25, 0.3) is 5.91 Å². The number of ether oxygens (including phenoxy) is 1. The first-order chi connectivity index (χ1) is 18.0. The van der Waals surface area contributed by atoms with Crippen LogP contribution in [0, 0.1) is 13.8 Å². The number of fused-ring (bicyclic) bond motifs is 2. The zero-order valence-electron chi connectivity index (χ0n) is 20.5. The van der Waals surface area contributed by atoms with Crippen molar-refractivity contribution in [3.8, 4) is 5.75 Å². The van der Waals surface area contributed by atoms with E-state index in [1.165, 1.54) is 0 Å². The number of aryl methyl sites for hydroxylation is 2. The van der Waals surface area contributed by atoms with Gasteiger partial charge in [0.2, 0.25) is 5.76 Å². The second-order valence-corrected chi connectivity index (χ2v) is 9.23. The molecule has 0 spiro atoms. The Morgan fingerprint density at radius 3 is 2.43 bits per heavy atom. The minimum Gasteiger partial charge on any atom is -0.489 e. The molecule has 1 aliphatic rings. The lowest BCUT2D eigenvalue weighted by molar-refractivity contribution is 0.0970. The van der Waals surface area contributed by atoms with Gasteiger partial charge in [-0.25, -0.2) is 4.98 Å². The molecule has 0 radical (unpaired) electrons. The Balaban J connectivity index is 1.45. The van der Waals surface area contributed by atoms with Gasteiger partial charge < -0.3 is 9.15 Å². The summed E-state index contributed by atoms with van der Waals surface area (Å²) in [7, 11) is 0. The van der Waals surface area contributed by atoms with Gasteiger partial charge >= 0.3 is 0 Å². The number of pyridine rings is 1. The minimum atomic E-state index is -0.680. The smallest absolute Gasteiger partial charge is 0.296 e. The molecule has 1 unspecified atom stereocenters. The van der Waals surface area contributed by atoms with Crippen molar-refractivity contribution in [1.82, 2.24) is 4.98 Å². The van der Waals surface area contributed by atoms with Crippen molar-refractivity contribution in [1.29, 1.82) is 0 Å². The second kappa shape index (κ2) is 9.06. The van der Waals surface area contributed by atoms with E-state index in [-0.39, 0.29) is 17.1 Å². The molecule has 0 saturated carbocycles. The number of rotatable bonds is 5. The maximum Gasteiger partial charge on any atom is 0.296 e. The molecule has 3 aromatic carbocycles. The molecule has 6 rings (SSSR count). The van der Waals surface area contributed by atoms with Crippen LogP contribution in [-0.2, 0) is 6.61 Å². The van der Waals surface area contributed by atoms with Gasteiger partial charge in [-0.15, -0.1) is 0 Å². The average Bonchev–Trinajstić information content (AvgIpc) is 3.21. The van der Waals surface area contributed by atoms with E-state index >= 15 is 0 Å². The van der Waals surface area contributed by atoms with Gasteiger partial charge in [-0.3, -0.25) is 14.5 Å². The molecule has 3 heterocycles. The van der Waals surface area contributed by atoms with Crippen LogP contribution in [0.4, 0.5) is 5.82 Å². The lowest BCUT2D eigenvalue weighted by atomic mass is 9.98. The zero-order valence-corrected chi connectivity index (χ0v) is 20.5. The molecule has 0 bridgehead atoms. The highest BCUT2D eigenvalue weighted by atomic mass is 16.5. The predicted molar refractivity (Wildman–Crippen MR) is 142 cm³/mol. The molecule has 0 saturated heterocycles. The van der Waals surface area contributed by atoms with E-state index in [0.717, 1.165) is 22.4 Å². The van der Waals surface area contributed by atoms with Gasteiger partial charge in [0.1, 0.15) is 23.8 Å². The molecule has 1 aliphatic heterocycles. The number of benzene rings is 3. The maximum atomic E-state index is 13.8. The summed E-state index contributed by atoms with van der Waals surface area (Å²) in [5.74, 6) is 0.824. The highest BCUT2D eigenvalue weighted by molar-refractivity contribution is 6.10. The van der Waals surface area contributed by atoms with E-state index in [1.54, 1.807) is 23.1 Å². The molecular weight excluding hydrogens is 464 g/mol. The van der Waals surface area contributed by atoms with Crippen molar-refractivity contribution in [2.75, 3.05) is 4.90 Å². The van der Waals surface area contributed by atoms with Crippen molar-refractivity contribution >= 4 is 22.7 Å². The van der Waals surface area contributed by atoms with Crippen molar-refractivity contribution < 1.29 is 13.9 Å². The Kier molecular flexibility index (Phi) is 5.57. The molecular formula is C31H24N2O4. The van der Waals surface area contributed by atoms with Crippen molar-refractivity contribution in [3.05, 3.63) is 135 Å². The Morgan fingerprint density at radius 1 is 0.892 bits per heavy atom. The van der Waals surface area contributed by atoms with Gasteiger partial charge in [0, 0.05) is 5.69 Å². The van der Waals surface area contributed by atoms with Crippen LogP contribution in [0.15, 0.2) is 100 Å². The van der Waals surface area contributed by atoms with E-state index in [9.17, 15) is 9.59 Å². The van der Waals surface area contributed by atoms with Gasteiger partial charge in [0.05, 0.1) is 17.0 Å². The van der Waals surface area contributed by atoms with Gasteiger partial charge in [-0.05, 0) is 61.4 Å². The molecule has 1 amide bonds. The fourth-order valence-electron chi connectivity index (χ4n) is 4.79. The SMILES string of the molecule is Cc1ccc2oc3c(c(=O)c2c1)C(c1ccc(OCc2ccccc2)cc1)N(c1cccc(C)n1)C3=O. The summed E-state index contributed by atoms with van der Waals surface area (Å²) in [4.78, 5) is 33.6. The van der Waals surface area contributed by atoms with Gasteiger partial charge in [-0.1, -0.05) is 60.2 Å². The Bertz CT molecular complexity index is 1690. The summed E-state index contributed by atoms with van der Waals surface area (Å²) in [6.07, 6.45) is 0. The molecule has 0 N–H and O–H groups in total. The predicted octanol–water partition coefficient (Wildman–Crippen LogP) is 6.13. The normalized spacial score (nSPS) is 14.7. The third-order valence-electron chi connectivity index (χ3n) is 6.59. The van der Waals surface area contributed by atoms with Crippen molar-refractivity contribution in [3.63, 3.8) is 0 Å². The molecule has 1 atom stereocenters. The lowest BCUT2D eigenvalue weighted by Gasteiger charge is -2.24.